The summed E-state index contributed by atoms with van der Waals surface area (Å²) >= 11 is 0. The third-order valence-corrected chi connectivity index (χ3v) is 4.15. The number of nitro groups is 2. The molecule has 0 N–H and O–H groups in total. The zero-order valence-corrected chi connectivity index (χ0v) is 16.2. The number of hydrogen-bond acceptors (Lipinski definition) is 9. The van der Waals surface area contributed by atoms with Gasteiger partial charge in [0.1, 0.15) is 11.5 Å². The molecule has 2 aromatic rings. The quantitative estimate of drug-likeness (QED) is 0.223. The Balaban J connectivity index is 2.12. The first-order valence-electron chi connectivity index (χ1n) is 8.65. The van der Waals surface area contributed by atoms with Crippen LogP contribution in [-0.4, -0.2) is 28.9 Å². The van der Waals surface area contributed by atoms with E-state index in [1.807, 2.05) is 0 Å². The van der Waals surface area contributed by atoms with Gasteiger partial charge in [-0.1, -0.05) is 0 Å². The minimum absolute atomic E-state index is 0.0472. The molecule has 0 atom stereocenters. The minimum Gasteiger partial charge on any atom is -0.497 e. The molecule has 1 aliphatic heterocycles. The Bertz CT molecular complexity index is 1160. The Kier molecular flexibility index (Phi) is 5.77. The van der Waals surface area contributed by atoms with Crippen molar-refractivity contribution in [2.45, 2.75) is 6.92 Å². The van der Waals surface area contributed by atoms with E-state index >= 15 is 0 Å². The molecule has 1 heterocycles. The van der Waals surface area contributed by atoms with E-state index in [2.05, 4.69) is 0 Å². The number of methoxy groups -OCH3 is 1. The average Bonchev–Trinajstić information content (AvgIpc) is 3.08. The van der Waals surface area contributed by atoms with Crippen LogP contribution in [-0.2, 0) is 14.3 Å². The Morgan fingerprint density at radius 2 is 1.77 bits per heavy atom. The van der Waals surface area contributed by atoms with Crippen LogP contribution in [0.15, 0.2) is 48.0 Å². The van der Waals surface area contributed by atoms with E-state index in [0.29, 0.717) is 17.4 Å². The first-order valence-corrected chi connectivity index (χ1v) is 8.65. The third kappa shape index (κ3) is 4.56. The fourth-order valence-electron chi connectivity index (χ4n) is 2.78. The smallest absolute Gasteiger partial charge is 0.343 e. The second-order valence-corrected chi connectivity index (χ2v) is 6.22. The highest BCUT2D eigenvalue weighted by atomic mass is 16.6. The van der Waals surface area contributed by atoms with E-state index in [1.165, 1.54) is 13.2 Å². The predicted octanol–water partition coefficient (Wildman–Crippen LogP) is 3.42. The van der Waals surface area contributed by atoms with Gasteiger partial charge < -0.3 is 14.2 Å². The monoisotopic (exact) mass is 426 g/mol. The summed E-state index contributed by atoms with van der Waals surface area (Å²) in [7, 11) is 1.50. The lowest BCUT2D eigenvalue weighted by atomic mass is 10.1. The molecule has 0 radical (unpaired) electrons. The van der Waals surface area contributed by atoms with Crippen LogP contribution in [0.4, 0.5) is 11.4 Å². The van der Waals surface area contributed by atoms with Crippen molar-refractivity contribution in [3.05, 3.63) is 79.4 Å². The second-order valence-electron chi connectivity index (χ2n) is 6.22. The highest BCUT2D eigenvalue weighted by molar-refractivity contribution is 6.05. The molecule has 0 spiro atoms. The number of cyclic esters (lactones) is 1. The van der Waals surface area contributed by atoms with E-state index in [0.717, 1.165) is 19.1 Å². The van der Waals surface area contributed by atoms with Crippen molar-refractivity contribution in [2.75, 3.05) is 7.11 Å². The second kappa shape index (κ2) is 8.45. The Hall–Kier alpha value is -4.54. The van der Waals surface area contributed by atoms with Crippen molar-refractivity contribution in [1.82, 2.24) is 0 Å². The summed E-state index contributed by atoms with van der Waals surface area (Å²) in [6.07, 6.45) is 2.49. The number of nitrogens with zero attached hydrogens (tertiary/aromatic N) is 2. The fourth-order valence-corrected chi connectivity index (χ4v) is 2.78. The van der Waals surface area contributed by atoms with Gasteiger partial charge in [0.05, 0.1) is 28.6 Å². The molecule has 0 fully saturated rings. The van der Waals surface area contributed by atoms with Gasteiger partial charge in [-0.25, -0.2) is 4.79 Å². The Morgan fingerprint density at radius 1 is 1.10 bits per heavy atom. The zero-order valence-electron chi connectivity index (χ0n) is 16.2. The zero-order chi connectivity index (χ0) is 22.7. The van der Waals surface area contributed by atoms with E-state index < -0.39 is 38.9 Å². The summed E-state index contributed by atoms with van der Waals surface area (Å²) in [5, 5.41) is 22.6. The number of carbonyl (C=O) groups excluding carboxylic acids is 2. The summed E-state index contributed by atoms with van der Waals surface area (Å²) in [5.74, 6) is -1.38. The molecule has 31 heavy (non-hydrogen) atoms. The van der Waals surface area contributed by atoms with Crippen molar-refractivity contribution >= 4 is 35.1 Å². The molecule has 0 bridgehead atoms. The van der Waals surface area contributed by atoms with E-state index in [9.17, 15) is 29.8 Å². The largest absolute Gasteiger partial charge is 0.497 e. The molecule has 2 aromatic carbocycles. The van der Waals surface area contributed by atoms with E-state index in [4.69, 9.17) is 14.2 Å². The molecule has 0 aromatic heterocycles. The van der Waals surface area contributed by atoms with Gasteiger partial charge in [-0.2, -0.15) is 0 Å². The molecule has 0 saturated carbocycles. The first-order chi connectivity index (χ1) is 14.7. The standard InChI is InChI=1S/C20H14N2O9/c1-11(23)30-19-13(8-15(21(25)26)10-17(19)22(27)28)7-14-9-18(31-20(14)24)12-3-5-16(29-2)6-4-12/h3-10H,1-2H3/b14-7+. The predicted molar refractivity (Wildman–Crippen MR) is 106 cm³/mol. The topological polar surface area (TPSA) is 148 Å². The van der Waals surface area contributed by atoms with Gasteiger partial charge in [-0.3, -0.25) is 25.0 Å². The van der Waals surface area contributed by atoms with Crippen LogP contribution < -0.4 is 9.47 Å². The Labute approximate surface area is 174 Å². The molecule has 158 valence electrons. The maximum Gasteiger partial charge on any atom is 0.343 e. The maximum absolute atomic E-state index is 12.3. The van der Waals surface area contributed by atoms with Crippen molar-refractivity contribution in [1.29, 1.82) is 0 Å². The third-order valence-electron chi connectivity index (χ3n) is 4.15. The molecule has 0 amide bonds. The number of benzene rings is 2. The van der Waals surface area contributed by atoms with E-state index in [-0.39, 0.29) is 16.9 Å². The number of esters is 2. The van der Waals surface area contributed by atoms with E-state index in [1.54, 1.807) is 24.3 Å². The van der Waals surface area contributed by atoms with Crippen LogP contribution in [0.3, 0.4) is 0 Å². The normalized spacial score (nSPS) is 14.1. The van der Waals surface area contributed by atoms with Crippen LogP contribution in [0, 0.1) is 20.2 Å². The lowest BCUT2D eigenvalue weighted by Gasteiger charge is -2.07. The van der Waals surface area contributed by atoms with Crippen molar-refractivity contribution < 1.29 is 33.6 Å². The van der Waals surface area contributed by atoms with Gasteiger partial charge in [-0.15, -0.1) is 0 Å². The molecule has 11 nitrogen and oxygen atoms in total. The number of nitro benzene ring substituents is 2. The summed E-state index contributed by atoms with van der Waals surface area (Å²) in [5.41, 5.74) is -1.09. The van der Waals surface area contributed by atoms with Gasteiger partial charge in [0.2, 0.25) is 5.75 Å². The highest BCUT2D eigenvalue weighted by Gasteiger charge is 2.28. The molecule has 0 aliphatic carbocycles. The molecule has 0 unspecified atom stereocenters. The molecule has 3 rings (SSSR count). The number of hydrogen-bond donors (Lipinski definition) is 0. The van der Waals surface area contributed by atoms with Crippen LogP contribution in [0.1, 0.15) is 18.1 Å². The highest BCUT2D eigenvalue weighted by Crippen LogP contribution is 2.38. The number of ether oxygens (including phenoxy) is 3. The minimum atomic E-state index is -0.918. The van der Waals surface area contributed by atoms with Crippen LogP contribution in [0.2, 0.25) is 0 Å². The molecule has 1 aliphatic rings. The van der Waals surface area contributed by atoms with Crippen molar-refractivity contribution in [3.8, 4) is 11.5 Å². The molecular weight excluding hydrogens is 412 g/mol. The first kappa shape index (κ1) is 21.2. The fraction of sp³-hybridized carbons (Fsp3) is 0.100. The molecular formula is C20H14N2O9. The SMILES string of the molecule is COc1ccc(C2=C/C(=C\c3cc([N+](=O)[O-])cc([N+](=O)[O-])c3OC(C)=O)C(=O)O2)cc1. The van der Waals surface area contributed by atoms with Crippen LogP contribution in [0.25, 0.3) is 11.8 Å². The lowest BCUT2D eigenvalue weighted by molar-refractivity contribution is -0.394. The van der Waals surface area contributed by atoms with Crippen LogP contribution in [0.5, 0.6) is 11.5 Å². The van der Waals surface area contributed by atoms with Gasteiger partial charge in [0.25, 0.3) is 5.69 Å². The van der Waals surface area contributed by atoms with Gasteiger partial charge in [0, 0.05) is 24.1 Å². The summed E-state index contributed by atoms with van der Waals surface area (Å²) < 4.78 is 15.2. The average molecular weight is 426 g/mol. The summed E-state index contributed by atoms with van der Waals surface area (Å²) in [4.78, 5) is 44.6. The number of carbonyl (C=O) groups is 2. The summed E-state index contributed by atoms with van der Waals surface area (Å²) in [6, 6.07) is 8.27. The Morgan fingerprint density at radius 3 is 2.32 bits per heavy atom. The van der Waals surface area contributed by atoms with Crippen molar-refractivity contribution in [2.24, 2.45) is 0 Å². The van der Waals surface area contributed by atoms with Gasteiger partial charge in [0.15, 0.2) is 0 Å². The molecule has 0 saturated heterocycles. The molecule has 11 heteroatoms. The maximum atomic E-state index is 12.3. The van der Waals surface area contributed by atoms with Gasteiger partial charge in [-0.05, 0) is 36.4 Å². The van der Waals surface area contributed by atoms with Crippen LogP contribution >= 0.6 is 0 Å². The van der Waals surface area contributed by atoms with Gasteiger partial charge >= 0.3 is 17.6 Å². The summed E-state index contributed by atoms with van der Waals surface area (Å²) in [6.45, 7) is 1.02. The van der Waals surface area contributed by atoms with Crippen molar-refractivity contribution in [3.63, 3.8) is 0 Å². The lowest BCUT2D eigenvalue weighted by Crippen LogP contribution is -2.07. The number of rotatable bonds is 6. The number of non-ortho nitro benzene ring substituents is 1.